The molecule has 0 amide bonds. The summed E-state index contributed by atoms with van der Waals surface area (Å²) in [6, 6.07) is 14.4. The van der Waals surface area contributed by atoms with Crippen molar-refractivity contribution in [1.29, 1.82) is 5.41 Å². The number of hydrogen-bond donors (Lipinski definition) is 1. The zero-order valence-corrected chi connectivity index (χ0v) is 16.5. The van der Waals surface area contributed by atoms with Crippen LogP contribution in [0, 0.1) is 24.0 Å². The average molecular weight is 403 g/mol. The predicted octanol–water partition coefficient (Wildman–Crippen LogP) is 4.64. The molecule has 0 aliphatic heterocycles. The Hall–Kier alpha value is -3.87. The quantitative estimate of drug-likeness (QED) is 0.539. The molecule has 0 saturated heterocycles. The molecule has 0 saturated carbocycles. The van der Waals surface area contributed by atoms with Crippen molar-refractivity contribution < 1.29 is 8.78 Å². The molecule has 4 rings (SSSR count). The van der Waals surface area contributed by atoms with Crippen LogP contribution in [0.4, 0.5) is 8.78 Å². The van der Waals surface area contributed by atoms with E-state index in [1.54, 1.807) is 54.3 Å². The smallest absolute Gasteiger partial charge is 0.146 e. The Bertz CT molecular complexity index is 1300. The van der Waals surface area contributed by atoms with Crippen LogP contribution in [0.2, 0.25) is 0 Å². The van der Waals surface area contributed by atoms with Crippen molar-refractivity contribution >= 4 is 12.3 Å². The summed E-state index contributed by atoms with van der Waals surface area (Å²) in [5, 5.41) is 17.1. The van der Waals surface area contributed by atoms with Gasteiger partial charge in [-0.2, -0.15) is 10.2 Å². The number of benzene rings is 2. The van der Waals surface area contributed by atoms with E-state index in [2.05, 4.69) is 10.2 Å². The molecule has 4 aromatic rings. The van der Waals surface area contributed by atoms with Gasteiger partial charge in [0.1, 0.15) is 22.8 Å². The highest BCUT2D eigenvalue weighted by Crippen LogP contribution is 2.29. The highest BCUT2D eigenvalue weighted by molar-refractivity contribution is 5.78. The lowest BCUT2D eigenvalue weighted by Crippen LogP contribution is -2.17. The Morgan fingerprint density at radius 1 is 0.967 bits per heavy atom. The highest BCUT2D eigenvalue weighted by atomic mass is 19.1. The van der Waals surface area contributed by atoms with Crippen LogP contribution in [0.15, 0.2) is 60.8 Å². The van der Waals surface area contributed by atoms with Crippen LogP contribution in [0.1, 0.15) is 11.1 Å². The largest absolute Gasteiger partial charge is 0.283 e. The van der Waals surface area contributed by atoms with Gasteiger partial charge in [0.25, 0.3) is 0 Å². The second-order valence-electron chi connectivity index (χ2n) is 6.96. The first-order chi connectivity index (χ1) is 14.4. The van der Waals surface area contributed by atoms with Gasteiger partial charge in [-0.05, 0) is 61.0 Å². The maximum absolute atomic E-state index is 14.1. The summed E-state index contributed by atoms with van der Waals surface area (Å²) in [5.41, 5.74) is 4.14. The van der Waals surface area contributed by atoms with E-state index in [0.717, 1.165) is 16.7 Å². The van der Waals surface area contributed by atoms with Crippen molar-refractivity contribution in [1.82, 2.24) is 19.6 Å². The predicted molar refractivity (Wildman–Crippen MR) is 112 cm³/mol. The molecule has 150 valence electrons. The third-order valence-corrected chi connectivity index (χ3v) is 4.64. The molecule has 2 aromatic carbocycles. The first-order valence-corrected chi connectivity index (χ1v) is 9.29. The van der Waals surface area contributed by atoms with Crippen LogP contribution < -0.4 is 5.49 Å². The first-order valence-electron chi connectivity index (χ1n) is 9.29. The molecule has 2 heterocycles. The molecule has 0 atom stereocenters. The maximum Gasteiger partial charge on any atom is 0.146 e. The molecule has 0 aliphatic rings. The lowest BCUT2D eigenvalue weighted by Gasteiger charge is -2.06. The summed E-state index contributed by atoms with van der Waals surface area (Å²) in [5.74, 6) is -0.653. The monoisotopic (exact) mass is 403 g/mol. The third-order valence-electron chi connectivity index (χ3n) is 4.64. The number of nitrogens with zero attached hydrogens (tertiary/aromatic N) is 4. The summed E-state index contributed by atoms with van der Waals surface area (Å²) in [4.78, 5) is 0. The molecule has 30 heavy (non-hydrogen) atoms. The van der Waals surface area contributed by atoms with Gasteiger partial charge in [0.2, 0.25) is 0 Å². The SMILES string of the molecule is Cc1ccc(/C=C/n2nc(-c3cn(C)nc3-c3ccc(F)cc3)ccc2=N)c(F)c1. The number of hydrogen-bond acceptors (Lipinski definition) is 3. The minimum absolute atomic E-state index is 0.148. The molecule has 5 nitrogen and oxygen atoms in total. The number of aromatic nitrogens is 4. The van der Waals surface area contributed by atoms with Crippen molar-refractivity contribution in [2.75, 3.05) is 0 Å². The zero-order valence-electron chi connectivity index (χ0n) is 16.5. The fraction of sp³-hybridized carbons (Fsp3) is 0.0870. The Morgan fingerprint density at radius 2 is 1.73 bits per heavy atom. The molecule has 2 aromatic heterocycles. The second-order valence-corrected chi connectivity index (χ2v) is 6.96. The van der Waals surface area contributed by atoms with Crippen LogP contribution in [0.25, 0.3) is 34.8 Å². The van der Waals surface area contributed by atoms with Crippen molar-refractivity contribution in [2.45, 2.75) is 6.92 Å². The molecule has 1 N–H and O–H groups in total. The van der Waals surface area contributed by atoms with E-state index >= 15 is 0 Å². The van der Waals surface area contributed by atoms with Crippen molar-refractivity contribution in [2.24, 2.45) is 7.05 Å². The summed E-state index contributed by atoms with van der Waals surface area (Å²) in [6.45, 7) is 1.82. The van der Waals surface area contributed by atoms with E-state index < -0.39 is 0 Å². The summed E-state index contributed by atoms with van der Waals surface area (Å²) in [6.07, 6.45) is 4.94. The van der Waals surface area contributed by atoms with Gasteiger partial charge in [-0.25, -0.2) is 13.5 Å². The van der Waals surface area contributed by atoms with Crippen LogP contribution in [0.5, 0.6) is 0 Å². The number of rotatable bonds is 4. The van der Waals surface area contributed by atoms with E-state index in [4.69, 9.17) is 5.41 Å². The van der Waals surface area contributed by atoms with Gasteiger partial charge in [0.05, 0.1) is 5.69 Å². The van der Waals surface area contributed by atoms with Gasteiger partial charge >= 0.3 is 0 Å². The van der Waals surface area contributed by atoms with E-state index in [0.29, 0.717) is 17.0 Å². The molecule has 7 heteroatoms. The van der Waals surface area contributed by atoms with Crippen LogP contribution in [-0.4, -0.2) is 19.6 Å². The van der Waals surface area contributed by atoms with Gasteiger partial charge in [0, 0.05) is 36.1 Å². The molecule has 0 radical (unpaired) electrons. The number of nitrogens with one attached hydrogen (secondary N) is 1. The average Bonchev–Trinajstić information content (AvgIpc) is 3.10. The molecule has 0 aliphatic carbocycles. The standard InChI is InChI=1S/C23H19F2N5/c1-15-3-4-16(20(25)13-15)11-12-30-22(26)10-9-21(27-30)19-14-29(2)28-23(19)17-5-7-18(24)8-6-17/h3-14,26H,1-2H3/b12-11+,26-22?. The number of halogens is 2. The zero-order chi connectivity index (χ0) is 21.3. The summed E-state index contributed by atoms with van der Waals surface area (Å²) < 4.78 is 30.4. The van der Waals surface area contributed by atoms with Crippen molar-refractivity contribution in [3.63, 3.8) is 0 Å². The lowest BCUT2D eigenvalue weighted by atomic mass is 10.1. The fourth-order valence-electron chi connectivity index (χ4n) is 3.11. The minimum Gasteiger partial charge on any atom is -0.283 e. The van der Waals surface area contributed by atoms with E-state index in [1.807, 2.05) is 19.2 Å². The van der Waals surface area contributed by atoms with Gasteiger partial charge in [-0.3, -0.25) is 10.1 Å². The minimum atomic E-state index is -0.333. The van der Waals surface area contributed by atoms with Crippen molar-refractivity contribution in [3.05, 3.63) is 89.0 Å². The van der Waals surface area contributed by atoms with Gasteiger partial charge in [0.15, 0.2) is 0 Å². The van der Waals surface area contributed by atoms with Crippen LogP contribution >= 0.6 is 0 Å². The van der Waals surface area contributed by atoms with Gasteiger partial charge < -0.3 is 0 Å². The molecular weight excluding hydrogens is 384 g/mol. The van der Waals surface area contributed by atoms with Gasteiger partial charge in [-0.15, -0.1) is 0 Å². The van der Waals surface area contributed by atoms with Crippen molar-refractivity contribution in [3.8, 4) is 22.5 Å². The lowest BCUT2D eigenvalue weighted by molar-refractivity contribution is 0.624. The molecule has 0 fully saturated rings. The summed E-state index contributed by atoms with van der Waals surface area (Å²) in [7, 11) is 1.80. The van der Waals surface area contributed by atoms with Crippen LogP contribution in [-0.2, 0) is 7.05 Å². The van der Waals surface area contributed by atoms with Gasteiger partial charge in [-0.1, -0.05) is 12.1 Å². The normalized spacial score (nSPS) is 11.3. The third kappa shape index (κ3) is 3.96. The number of aryl methyl sites for hydroxylation is 2. The fourth-order valence-corrected chi connectivity index (χ4v) is 3.11. The van der Waals surface area contributed by atoms with E-state index in [1.165, 1.54) is 22.9 Å². The molecular formula is C23H19F2N5. The maximum atomic E-state index is 14.1. The van der Waals surface area contributed by atoms with E-state index in [9.17, 15) is 8.78 Å². The molecule has 0 bridgehead atoms. The molecule has 0 unspecified atom stereocenters. The Kier molecular flexibility index (Phi) is 5.10. The highest BCUT2D eigenvalue weighted by Gasteiger charge is 2.14. The van der Waals surface area contributed by atoms with Crippen LogP contribution in [0.3, 0.4) is 0 Å². The topological polar surface area (TPSA) is 59.5 Å². The Labute approximate surface area is 172 Å². The van der Waals surface area contributed by atoms with E-state index in [-0.39, 0.29) is 17.1 Å². The summed E-state index contributed by atoms with van der Waals surface area (Å²) >= 11 is 0. The Balaban J connectivity index is 1.75. The second kappa shape index (κ2) is 7.87. The molecule has 0 spiro atoms. The first kappa shape index (κ1) is 19.4. The Morgan fingerprint density at radius 3 is 2.47 bits per heavy atom.